The van der Waals surface area contributed by atoms with Crippen molar-refractivity contribution in [2.24, 2.45) is 0 Å². The number of hydrogen-bond donors (Lipinski definition) is 0. The van der Waals surface area contributed by atoms with E-state index in [4.69, 9.17) is 4.74 Å². The fourth-order valence-electron chi connectivity index (χ4n) is 3.79. The molecule has 198 valence electrons. The number of morpholine rings is 1. The minimum atomic E-state index is -4.83. The molecule has 0 saturated carbocycles. The van der Waals surface area contributed by atoms with Crippen molar-refractivity contribution in [3.63, 3.8) is 0 Å². The van der Waals surface area contributed by atoms with Crippen LogP contribution in [0.2, 0.25) is 0 Å². The van der Waals surface area contributed by atoms with Crippen LogP contribution in [-0.4, -0.2) is 48.3 Å². The number of benzene rings is 2. The third-order valence-electron chi connectivity index (χ3n) is 5.51. The number of carbonyl (C=O) groups is 1. The second kappa shape index (κ2) is 11.2. The zero-order valence-electron chi connectivity index (χ0n) is 19.4. The van der Waals surface area contributed by atoms with Gasteiger partial charge in [-0.05, 0) is 35.9 Å². The van der Waals surface area contributed by atoms with Gasteiger partial charge in [0.25, 0.3) is 11.5 Å². The zero-order chi connectivity index (χ0) is 27.4. The van der Waals surface area contributed by atoms with Gasteiger partial charge in [0.1, 0.15) is 16.5 Å². The minimum absolute atomic E-state index is 0.0815. The first-order chi connectivity index (χ1) is 18.1. The van der Waals surface area contributed by atoms with Gasteiger partial charge >= 0.3 is 12.8 Å². The number of nitrogens with zero attached hydrogens (tertiary/aromatic N) is 3. The van der Waals surface area contributed by atoms with E-state index in [9.17, 15) is 36.8 Å². The molecule has 7 nitrogen and oxygen atoms in total. The van der Waals surface area contributed by atoms with Crippen LogP contribution >= 0.6 is 11.3 Å². The molecule has 0 bridgehead atoms. The number of halogens is 5. The van der Waals surface area contributed by atoms with Crippen LogP contribution in [0.3, 0.4) is 0 Å². The molecule has 1 saturated heterocycles. The molecule has 1 fully saturated rings. The van der Waals surface area contributed by atoms with E-state index in [1.807, 2.05) is 0 Å². The van der Waals surface area contributed by atoms with E-state index in [1.165, 1.54) is 41.3 Å². The highest BCUT2D eigenvalue weighted by molar-refractivity contribution is 7.07. The summed E-state index contributed by atoms with van der Waals surface area (Å²) in [4.78, 5) is 28.0. The number of amides is 1. The maximum absolute atomic E-state index is 13.9. The van der Waals surface area contributed by atoms with E-state index < -0.39 is 41.1 Å². The number of aromatic nitrogens is 1. The summed E-state index contributed by atoms with van der Waals surface area (Å²) in [5, 5.41) is 9.89. The van der Waals surface area contributed by atoms with Gasteiger partial charge in [-0.15, -0.1) is 11.3 Å². The molecule has 0 N–H and O–H groups in total. The fraction of sp³-hybridized carbons (Fsp3) is 0.240. The largest absolute Gasteiger partial charge is 0.435 e. The molecule has 1 amide bonds. The highest BCUT2D eigenvalue weighted by atomic mass is 32.1. The molecule has 0 unspecified atom stereocenters. The van der Waals surface area contributed by atoms with Crippen LogP contribution in [0.1, 0.15) is 11.1 Å². The number of hydrogen-bond acceptors (Lipinski definition) is 6. The van der Waals surface area contributed by atoms with Crippen LogP contribution in [0.4, 0.5) is 22.0 Å². The molecule has 1 aliphatic rings. The Kier molecular flexibility index (Phi) is 7.94. The Morgan fingerprint density at radius 1 is 1.11 bits per heavy atom. The third kappa shape index (κ3) is 5.76. The van der Waals surface area contributed by atoms with Crippen LogP contribution in [0, 0.1) is 11.3 Å². The first-order valence-electron chi connectivity index (χ1n) is 11.1. The Morgan fingerprint density at radius 2 is 1.76 bits per heavy atom. The van der Waals surface area contributed by atoms with Crippen molar-refractivity contribution in [1.29, 1.82) is 5.26 Å². The zero-order valence-corrected chi connectivity index (χ0v) is 20.2. The third-order valence-corrected chi connectivity index (χ3v) is 6.61. The first-order valence-corrected chi connectivity index (χ1v) is 11.9. The number of para-hydroxylation sites is 1. The fourth-order valence-corrected chi connectivity index (χ4v) is 4.88. The van der Waals surface area contributed by atoms with E-state index >= 15 is 0 Å². The van der Waals surface area contributed by atoms with E-state index in [1.54, 1.807) is 6.07 Å². The van der Waals surface area contributed by atoms with Crippen molar-refractivity contribution in [2.45, 2.75) is 12.8 Å². The summed E-state index contributed by atoms with van der Waals surface area (Å²) in [5.74, 6) is -0.868. The molecule has 38 heavy (non-hydrogen) atoms. The van der Waals surface area contributed by atoms with Crippen molar-refractivity contribution < 1.29 is 36.2 Å². The number of thiazole rings is 1. The quantitative estimate of drug-likeness (QED) is 0.456. The Hall–Kier alpha value is -4.02. The van der Waals surface area contributed by atoms with Gasteiger partial charge in [-0.2, -0.15) is 27.2 Å². The number of rotatable bonds is 5. The lowest BCUT2D eigenvalue weighted by molar-refractivity contribution is -0.137. The van der Waals surface area contributed by atoms with Crippen molar-refractivity contribution in [1.82, 2.24) is 9.47 Å². The predicted molar refractivity (Wildman–Crippen MR) is 127 cm³/mol. The molecule has 0 atom stereocenters. The summed E-state index contributed by atoms with van der Waals surface area (Å²) in [7, 11) is 0. The molecule has 3 aromatic rings. The maximum Gasteiger partial charge on any atom is 0.418 e. The minimum Gasteiger partial charge on any atom is -0.435 e. The van der Waals surface area contributed by atoms with Crippen molar-refractivity contribution in [3.05, 3.63) is 79.2 Å². The van der Waals surface area contributed by atoms with Gasteiger partial charge in [0.15, 0.2) is 5.57 Å². The number of nitriles is 1. The number of alkyl halides is 5. The topological polar surface area (TPSA) is 84.6 Å². The standard InChI is InChI=1S/C25H18F5N3O4S/c26-24(27)37-16-7-5-15(6-8-16)13-20-22(35)33(19-4-2-1-3-18(19)25(28,29)30)23(38-20)17(14-31)21(34)32-9-11-36-12-10-32/h1-8,13,24H,9-12H2. The number of ether oxygens (including phenoxy) is 2. The Balaban J connectivity index is 1.98. The molecule has 0 spiro atoms. The summed E-state index contributed by atoms with van der Waals surface area (Å²) in [5.41, 5.74) is -2.70. The molecule has 0 radical (unpaired) electrons. The highest BCUT2D eigenvalue weighted by Gasteiger charge is 2.35. The van der Waals surface area contributed by atoms with Crippen molar-refractivity contribution in [2.75, 3.05) is 26.3 Å². The van der Waals surface area contributed by atoms with Crippen LogP contribution < -0.4 is 19.5 Å². The molecule has 1 aliphatic heterocycles. The monoisotopic (exact) mass is 551 g/mol. The van der Waals surface area contributed by atoms with Crippen molar-refractivity contribution in [3.8, 4) is 17.5 Å². The Bertz CT molecular complexity index is 1550. The van der Waals surface area contributed by atoms with Gasteiger partial charge in [0, 0.05) is 13.1 Å². The summed E-state index contributed by atoms with van der Waals surface area (Å²) >= 11 is 0.673. The van der Waals surface area contributed by atoms with Gasteiger partial charge in [-0.3, -0.25) is 14.2 Å². The SMILES string of the molecule is N#CC(C(=O)N1CCOCC1)=c1sc(=Cc2ccc(OC(F)F)cc2)c(=O)n1-c1ccccc1C(F)(F)F. The molecule has 0 aliphatic carbocycles. The van der Waals surface area contributed by atoms with Gasteiger partial charge in [0.05, 0.1) is 29.0 Å². The maximum atomic E-state index is 13.9. The molecular weight excluding hydrogens is 533 g/mol. The Morgan fingerprint density at radius 3 is 2.37 bits per heavy atom. The molecule has 2 heterocycles. The Labute approximate surface area is 215 Å². The summed E-state index contributed by atoms with van der Waals surface area (Å²) < 4.78 is 76.3. The summed E-state index contributed by atoms with van der Waals surface area (Å²) in [6, 6.07) is 11.3. The van der Waals surface area contributed by atoms with Crippen LogP contribution in [0.15, 0.2) is 53.3 Å². The van der Waals surface area contributed by atoms with Crippen LogP contribution in [0.25, 0.3) is 17.3 Å². The van der Waals surface area contributed by atoms with E-state index in [-0.39, 0.29) is 41.2 Å². The molecule has 2 aromatic carbocycles. The second-order valence-electron chi connectivity index (χ2n) is 7.91. The number of carbonyl (C=O) groups excluding carboxylic acids is 1. The van der Waals surface area contributed by atoms with Crippen molar-refractivity contribution >= 4 is 28.9 Å². The van der Waals surface area contributed by atoms with E-state index in [0.717, 1.165) is 18.2 Å². The lowest BCUT2D eigenvalue weighted by atomic mass is 10.1. The van der Waals surface area contributed by atoms with E-state index in [0.29, 0.717) is 21.5 Å². The lowest BCUT2D eigenvalue weighted by Crippen LogP contribution is -2.42. The van der Waals surface area contributed by atoms with Crippen LogP contribution in [-0.2, 0) is 15.7 Å². The average Bonchev–Trinajstić information content (AvgIpc) is 3.20. The van der Waals surface area contributed by atoms with Crippen LogP contribution in [0.5, 0.6) is 5.75 Å². The highest BCUT2D eigenvalue weighted by Crippen LogP contribution is 2.33. The van der Waals surface area contributed by atoms with E-state index in [2.05, 4.69) is 4.74 Å². The lowest BCUT2D eigenvalue weighted by Gasteiger charge is -2.26. The van der Waals surface area contributed by atoms with Gasteiger partial charge < -0.3 is 14.4 Å². The average molecular weight is 551 g/mol. The molecule has 1 aromatic heterocycles. The first kappa shape index (κ1) is 27.0. The second-order valence-corrected chi connectivity index (χ2v) is 8.94. The molecule has 4 rings (SSSR count). The summed E-state index contributed by atoms with van der Waals surface area (Å²) in [6.07, 6.45) is -3.51. The van der Waals surface area contributed by atoms with Gasteiger partial charge in [-0.1, -0.05) is 24.3 Å². The smallest absolute Gasteiger partial charge is 0.418 e. The van der Waals surface area contributed by atoms with Gasteiger partial charge in [0.2, 0.25) is 0 Å². The normalized spacial score (nSPS) is 15.4. The van der Waals surface area contributed by atoms with Gasteiger partial charge in [-0.25, -0.2) is 0 Å². The molecule has 13 heteroatoms. The predicted octanol–water partition coefficient (Wildman–Crippen LogP) is 2.88. The molecular formula is C25H18F5N3O4S. The summed E-state index contributed by atoms with van der Waals surface area (Å²) in [6.45, 7) is -2.24.